The van der Waals surface area contributed by atoms with Gasteiger partial charge in [-0.1, -0.05) is 6.07 Å². The van der Waals surface area contributed by atoms with Gasteiger partial charge in [-0.15, -0.1) is 0 Å². The second kappa shape index (κ2) is 8.27. The lowest BCUT2D eigenvalue weighted by Gasteiger charge is -2.34. The Hall–Kier alpha value is -2.83. The third-order valence-corrected chi connectivity index (χ3v) is 4.89. The number of anilines is 1. The molecule has 0 atom stereocenters. The van der Waals surface area contributed by atoms with Gasteiger partial charge in [-0.3, -0.25) is 4.79 Å². The normalized spacial score (nSPS) is 15.3. The molecule has 1 aliphatic rings. The Balaban J connectivity index is 1.65. The Morgan fingerprint density at radius 1 is 1.17 bits per heavy atom. The van der Waals surface area contributed by atoms with E-state index in [1.165, 1.54) is 6.07 Å². The van der Waals surface area contributed by atoms with Gasteiger partial charge in [0.15, 0.2) is 0 Å². The van der Waals surface area contributed by atoms with Crippen molar-refractivity contribution < 1.29 is 18.7 Å². The van der Waals surface area contributed by atoms with Gasteiger partial charge in [0.25, 0.3) is 5.91 Å². The van der Waals surface area contributed by atoms with Crippen molar-refractivity contribution in [2.75, 3.05) is 18.4 Å². The highest BCUT2D eigenvalue weighted by molar-refractivity contribution is 6.03. The van der Waals surface area contributed by atoms with E-state index < -0.39 is 11.4 Å². The largest absolute Gasteiger partial charge is 0.444 e. The zero-order valence-corrected chi connectivity index (χ0v) is 17.4. The highest BCUT2D eigenvalue weighted by Crippen LogP contribution is 2.26. The van der Waals surface area contributed by atoms with E-state index in [2.05, 4.69) is 5.32 Å². The molecule has 29 heavy (non-hydrogen) atoms. The van der Waals surface area contributed by atoms with Crippen molar-refractivity contribution in [2.24, 2.45) is 0 Å². The number of ether oxygens (including phenoxy) is 1. The number of hydrogen-bond acceptors (Lipinski definition) is 3. The van der Waals surface area contributed by atoms with Crippen molar-refractivity contribution in [2.45, 2.75) is 52.2 Å². The van der Waals surface area contributed by atoms with Crippen molar-refractivity contribution in [3.63, 3.8) is 0 Å². The van der Waals surface area contributed by atoms with Crippen molar-refractivity contribution in [1.82, 2.24) is 9.47 Å². The van der Waals surface area contributed by atoms with E-state index in [0.29, 0.717) is 31.6 Å². The molecule has 1 aliphatic heterocycles. The van der Waals surface area contributed by atoms with Crippen LogP contribution in [0.15, 0.2) is 36.5 Å². The molecule has 0 aliphatic carbocycles. The number of carbonyl (C=O) groups is 2. The van der Waals surface area contributed by atoms with Gasteiger partial charge in [0, 0.05) is 25.3 Å². The van der Waals surface area contributed by atoms with Crippen LogP contribution in [0.5, 0.6) is 0 Å². The Labute approximate surface area is 170 Å². The maximum atomic E-state index is 14.1. The summed E-state index contributed by atoms with van der Waals surface area (Å²) in [4.78, 5) is 26.7. The van der Waals surface area contributed by atoms with Crippen LogP contribution in [-0.2, 0) is 4.74 Å². The van der Waals surface area contributed by atoms with E-state index in [4.69, 9.17) is 4.74 Å². The first kappa shape index (κ1) is 20.9. The molecule has 156 valence electrons. The van der Waals surface area contributed by atoms with E-state index in [1.54, 1.807) is 36.1 Å². The highest BCUT2D eigenvalue weighted by Gasteiger charge is 2.28. The summed E-state index contributed by atoms with van der Waals surface area (Å²) in [7, 11) is 0. The predicted molar refractivity (Wildman–Crippen MR) is 110 cm³/mol. The number of aryl methyl sites for hydroxylation is 1. The van der Waals surface area contributed by atoms with Crippen LogP contribution in [0, 0.1) is 12.7 Å². The molecule has 3 rings (SSSR count). The summed E-state index contributed by atoms with van der Waals surface area (Å²) in [6.45, 7) is 8.46. The minimum absolute atomic E-state index is 0.0901. The van der Waals surface area contributed by atoms with Gasteiger partial charge in [0.05, 0.1) is 5.69 Å². The summed E-state index contributed by atoms with van der Waals surface area (Å²) >= 11 is 0. The molecule has 0 bridgehead atoms. The Kier molecular flexibility index (Phi) is 5.96. The number of aromatic nitrogens is 1. The van der Waals surface area contributed by atoms with Crippen LogP contribution in [0.3, 0.4) is 0 Å². The molecule has 7 heteroatoms. The lowest BCUT2D eigenvalue weighted by Crippen LogP contribution is -2.42. The maximum Gasteiger partial charge on any atom is 0.410 e. The molecule has 0 radical (unpaired) electrons. The van der Waals surface area contributed by atoms with Crippen LogP contribution in [0.2, 0.25) is 0 Å². The quantitative estimate of drug-likeness (QED) is 0.807. The summed E-state index contributed by atoms with van der Waals surface area (Å²) in [5, 5.41) is 2.65. The number of piperidine rings is 1. The van der Waals surface area contributed by atoms with E-state index in [9.17, 15) is 14.0 Å². The fourth-order valence-corrected chi connectivity index (χ4v) is 3.47. The summed E-state index contributed by atoms with van der Waals surface area (Å²) < 4.78 is 21.4. The Morgan fingerprint density at radius 2 is 1.86 bits per heavy atom. The van der Waals surface area contributed by atoms with Crippen molar-refractivity contribution in [1.29, 1.82) is 0 Å². The molecule has 0 unspecified atom stereocenters. The third-order valence-electron chi connectivity index (χ3n) is 4.89. The zero-order chi connectivity index (χ0) is 21.2. The van der Waals surface area contributed by atoms with Crippen molar-refractivity contribution >= 4 is 17.7 Å². The SMILES string of the molecule is Cc1ccc(NC(=O)c2cccn2C2CCN(C(=O)OC(C)(C)C)CC2)c(F)c1. The molecule has 2 heterocycles. The first-order valence-corrected chi connectivity index (χ1v) is 9.86. The smallest absolute Gasteiger partial charge is 0.410 e. The molecule has 6 nitrogen and oxygen atoms in total. The summed E-state index contributed by atoms with van der Waals surface area (Å²) in [5.74, 6) is -0.811. The van der Waals surface area contributed by atoms with Crippen molar-refractivity contribution in [3.05, 3.63) is 53.6 Å². The molecule has 2 aromatic rings. The van der Waals surface area contributed by atoms with Gasteiger partial charge in [0.2, 0.25) is 0 Å². The van der Waals surface area contributed by atoms with E-state index in [1.807, 2.05) is 31.5 Å². The summed E-state index contributed by atoms with van der Waals surface area (Å²) in [5.41, 5.74) is 0.902. The van der Waals surface area contributed by atoms with Crippen LogP contribution < -0.4 is 5.32 Å². The van der Waals surface area contributed by atoms with Gasteiger partial charge < -0.3 is 19.5 Å². The monoisotopic (exact) mass is 401 g/mol. The number of hydrogen-bond donors (Lipinski definition) is 1. The van der Waals surface area contributed by atoms with Crippen LogP contribution in [-0.4, -0.2) is 40.2 Å². The molecule has 1 aromatic heterocycles. The van der Waals surface area contributed by atoms with Gasteiger partial charge >= 0.3 is 6.09 Å². The second-order valence-corrected chi connectivity index (χ2v) is 8.44. The topological polar surface area (TPSA) is 63.6 Å². The highest BCUT2D eigenvalue weighted by atomic mass is 19.1. The number of benzene rings is 1. The van der Waals surface area contributed by atoms with Gasteiger partial charge in [-0.25, -0.2) is 9.18 Å². The van der Waals surface area contributed by atoms with E-state index in [-0.39, 0.29) is 23.7 Å². The second-order valence-electron chi connectivity index (χ2n) is 8.44. The molecular weight excluding hydrogens is 373 g/mol. The van der Waals surface area contributed by atoms with E-state index in [0.717, 1.165) is 5.56 Å². The molecule has 1 fully saturated rings. The van der Waals surface area contributed by atoms with Crippen LogP contribution >= 0.6 is 0 Å². The summed E-state index contributed by atoms with van der Waals surface area (Å²) in [6.07, 6.45) is 2.98. The average molecular weight is 401 g/mol. The average Bonchev–Trinajstić information content (AvgIpc) is 3.12. The third kappa shape index (κ3) is 5.16. The van der Waals surface area contributed by atoms with Crippen LogP contribution in [0.1, 0.15) is 55.7 Å². The molecule has 1 aromatic carbocycles. The molecule has 0 saturated carbocycles. The van der Waals surface area contributed by atoms with Crippen molar-refractivity contribution in [3.8, 4) is 0 Å². The van der Waals surface area contributed by atoms with Crippen LogP contribution in [0.4, 0.5) is 14.9 Å². The fourth-order valence-electron chi connectivity index (χ4n) is 3.47. The molecule has 1 N–H and O–H groups in total. The number of halogens is 1. The molecular formula is C22H28FN3O3. The van der Waals surface area contributed by atoms with Gasteiger partial charge in [-0.05, 0) is 70.4 Å². The van der Waals surface area contributed by atoms with Crippen LogP contribution in [0.25, 0.3) is 0 Å². The standard InChI is InChI=1S/C22H28FN3O3/c1-15-7-8-18(17(23)14-15)24-20(27)19-6-5-11-26(19)16-9-12-25(13-10-16)21(28)29-22(2,3)4/h5-8,11,14,16H,9-10,12-13H2,1-4H3,(H,24,27). The minimum atomic E-state index is -0.523. The fraction of sp³-hybridized carbons (Fsp3) is 0.455. The Bertz CT molecular complexity index is 893. The number of carbonyl (C=O) groups excluding carboxylic acids is 2. The van der Waals surface area contributed by atoms with Gasteiger partial charge in [-0.2, -0.15) is 0 Å². The Morgan fingerprint density at radius 3 is 2.48 bits per heavy atom. The first-order valence-electron chi connectivity index (χ1n) is 9.86. The minimum Gasteiger partial charge on any atom is -0.444 e. The number of nitrogens with zero attached hydrogens (tertiary/aromatic N) is 2. The maximum absolute atomic E-state index is 14.1. The zero-order valence-electron chi connectivity index (χ0n) is 17.4. The predicted octanol–water partition coefficient (Wildman–Crippen LogP) is 4.76. The lowest BCUT2D eigenvalue weighted by atomic mass is 10.0. The molecule has 2 amide bonds. The molecule has 0 spiro atoms. The van der Waals surface area contributed by atoms with E-state index >= 15 is 0 Å². The number of likely N-dealkylation sites (tertiary alicyclic amines) is 1. The number of nitrogens with one attached hydrogen (secondary N) is 1. The first-order chi connectivity index (χ1) is 13.6. The number of rotatable bonds is 3. The molecule has 1 saturated heterocycles. The summed E-state index contributed by atoms with van der Waals surface area (Å²) in [6, 6.07) is 8.33. The van der Waals surface area contributed by atoms with Gasteiger partial charge in [0.1, 0.15) is 17.1 Å². The lowest BCUT2D eigenvalue weighted by molar-refractivity contribution is 0.0187. The number of amides is 2.